The van der Waals surface area contributed by atoms with Crippen LogP contribution in [-0.2, 0) is 15.3 Å². The summed E-state index contributed by atoms with van der Waals surface area (Å²) < 4.78 is 22.7. The highest BCUT2D eigenvalue weighted by Gasteiger charge is 2.44. The van der Waals surface area contributed by atoms with Crippen LogP contribution in [0.15, 0.2) is 29.3 Å². The topological polar surface area (TPSA) is 70.6 Å². The van der Waals surface area contributed by atoms with Crippen molar-refractivity contribution in [2.75, 3.05) is 26.4 Å². The van der Waals surface area contributed by atoms with Gasteiger partial charge in [0.15, 0.2) is 15.8 Å². The number of hydrogen-bond acceptors (Lipinski definition) is 3. The Bertz CT molecular complexity index is 725. The monoisotopic (exact) mass is 371 g/mol. The Kier molecular flexibility index (Phi) is 5.50. The molecule has 2 rings (SSSR count). The lowest BCUT2D eigenvalue weighted by atomic mass is 9.96. The third kappa shape index (κ3) is 4.42. The Morgan fingerprint density at radius 2 is 2.00 bits per heavy atom. The highest BCUT2D eigenvalue weighted by atomic mass is 35.5. The van der Waals surface area contributed by atoms with Gasteiger partial charge in [-0.15, -0.1) is 0 Å². The van der Waals surface area contributed by atoms with Crippen LogP contribution in [-0.4, -0.2) is 45.5 Å². The fourth-order valence-electron chi connectivity index (χ4n) is 2.44. The minimum Gasteiger partial charge on any atom is -0.356 e. The quantitative estimate of drug-likeness (QED) is 0.595. The zero-order chi connectivity index (χ0) is 18.0. The van der Waals surface area contributed by atoms with Gasteiger partial charge in [-0.1, -0.05) is 23.7 Å². The van der Waals surface area contributed by atoms with Crippen molar-refractivity contribution in [3.8, 4) is 0 Å². The molecular formula is C17H26ClN3O2S. The molecule has 1 aliphatic rings. The maximum atomic E-state index is 11.8. The van der Waals surface area contributed by atoms with Crippen molar-refractivity contribution in [3.63, 3.8) is 0 Å². The summed E-state index contributed by atoms with van der Waals surface area (Å²) in [5.41, 5.74) is 1.32. The van der Waals surface area contributed by atoms with Crippen LogP contribution in [0.5, 0.6) is 0 Å². The number of guanidine groups is 1. The normalized spacial score (nSPS) is 17.5. The minimum absolute atomic E-state index is 0.0921. The zero-order valence-electron chi connectivity index (χ0n) is 14.7. The van der Waals surface area contributed by atoms with Gasteiger partial charge in [-0.3, -0.25) is 4.99 Å². The van der Waals surface area contributed by atoms with Gasteiger partial charge in [0.25, 0.3) is 0 Å². The van der Waals surface area contributed by atoms with E-state index in [0.717, 1.165) is 24.4 Å². The second-order valence-electron chi connectivity index (χ2n) is 7.10. The molecule has 1 saturated carbocycles. The summed E-state index contributed by atoms with van der Waals surface area (Å²) in [6, 6.07) is 7.96. The summed E-state index contributed by atoms with van der Waals surface area (Å²) in [6.07, 6.45) is 3.46. The SMILES string of the molecule is CN=C(NCC1(c2cccc(Cl)c2)CC1)NCC(C)(C)S(C)(=O)=O. The lowest BCUT2D eigenvalue weighted by molar-refractivity contribution is 0.543. The van der Waals surface area contributed by atoms with Crippen LogP contribution in [0.3, 0.4) is 0 Å². The fraction of sp³-hybridized carbons (Fsp3) is 0.588. The zero-order valence-corrected chi connectivity index (χ0v) is 16.3. The van der Waals surface area contributed by atoms with Crippen LogP contribution in [0.25, 0.3) is 0 Å². The van der Waals surface area contributed by atoms with Gasteiger partial charge < -0.3 is 10.6 Å². The Morgan fingerprint density at radius 1 is 1.33 bits per heavy atom. The van der Waals surface area contributed by atoms with Crippen LogP contribution >= 0.6 is 11.6 Å². The second kappa shape index (κ2) is 6.92. The molecule has 1 aromatic rings. The second-order valence-corrected chi connectivity index (χ2v) is 10.2. The van der Waals surface area contributed by atoms with Crippen LogP contribution in [0.4, 0.5) is 0 Å². The van der Waals surface area contributed by atoms with Crippen molar-refractivity contribution >= 4 is 27.4 Å². The Morgan fingerprint density at radius 3 is 2.50 bits per heavy atom. The predicted octanol–water partition coefficient (Wildman–Crippen LogP) is 2.36. The van der Waals surface area contributed by atoms with Crippen LogP contribution in [0.1, 0.15) is 32.3 Å². The van der Waals surface area contributed by atoms with Gasteiger partial charge in [0, 0.05) is 36.8 Å². The van der Waals surface area contributed by atoms with Gasteiger partial charge in [-0.2, -0.15) is 0 Å². The Balaban J connectivity index is 1.95. The molecule has 134 valence electrons. The smallest absolute Gasteiger partial charge is 0.191 e. The molecule has 0 radical (unpaired) electrons. The van der Waals surface area contributed by atoms with E-state index in [1.807, 2.05) is 18.2 Å². The average molecular weight is 372 g/mol. The molecule has 0 atom stereocenters. The van der Waals surface area contributed by atoms with Crippen molar-refractivity contribution in [2.45, 2.75) is 36.9 Å². The van der Waals surface area contributed by atoms with E-state index < -0.39 is 14.6 Å². The first-order valence-electron chi connectivity index (χ1n) is 8.00. The number of nitrogens with one attached hydrogen (secondary N) is 2. The van der Waals surface area contributed by atoms with E-state index in [0.29, 0.717) is 12.5 Å². The summed E-state index contributed by atoms with van der Waals surface area (Å²) in [5.74, 6) is 0.611. The number of halogens is 1. The lowest BCUT2D eigenvalue weighted by Gasteiger charge is -2.25. The Hall–Kier alpha value is -1.27. The lowest BCUT2D eigenvalue weighted by Crippen LogP contribution is -2.48. The summed E-state index contributed by atoms with van der Waals surface area (Å²) in [7, 11) is -1.46. The van der Waals surface area contributed by atoms with Crippen molar-refractivity contribution < 1.29 is 8.42 Å². The molecular weight excluding hydrogens is 346 g/mol. The molecule has 2 N–H and O–H groups in total. The van der Waals surface area contributed by atoms with E-state index in [-0.39, 0.29) is 5.41 Å². The highest BCUT2D eigenvalue weighted by Crippen LogP contribution is 2.48. The molecule has 1 aromatic carbocycles. The van der Waals surface area contributed by atoms with Gasteiger partial charge in [0.1, 0.15) is 0 Å². The number of benzene rings is 1. The molecule has 0 unspecified atom stereocenters. The number of nitrogens with zero attached hydrogens (tertiary/aromatic N) is 1. The molecule has 1 aliphatic carbocycles. The summed E-state index contributed by atoms with van der Waals surface area (Å²) in [5, 5.41) is 7.17. The molecule has 24 heavy (non-hydrogen) atoms. The van der Waals surface area contributed by atoms with Crippen LogP contribution in [0.2, 0.25) is 5.02 Å². The van der Waals surface area contributed by atoms with Crippen LogP contribution in [0, 0.1) is 0 Å². The number of hydrogen-bond donors (Lipinski definition) is 2. The summed E-state index contributed by atoms with van der Waals surface area (Å²) in [4.78, 5) is 4.19. The van der Waals surface area contributed by atoms with Crippen molar-refractivity contribution in [1.29, 1.82) is 0 Å². The van der Waals surface area contributed by atoms with Crippen molar-refractivity contribution in [1.82, 2.24) is 10.6 Å². The van der Waals surface area contributed by atoms with E-state index in [2.05, 4.69) is 21.7 Å². The first kappa shape index (κ1) is 19.1. The maximum Gasteiger partial charge on any atom is 0.191 e. The molecule has 0 spiro atoms. The third-order valence-electron chi connectivity index (χ3n) is 4.79. The van der Waals surface area contributed by atoms with E-state index in [9.17, 15) is 8.42 Å². The first-order valence-corrected chi connectivity index (χ1v) is 10.3. The highest BCUT2D eigenvalue weighted by molar-refractivity contribution is 7.92. The predicted molar refractivity (Wildman–Crippen MR) is 101 cm³/mol. The third-order valence-corrected chi connectivity index (χ3v) is 7.18. The molecule has 7 heteroatoms. The Labute approximate surface area is 149 Å². The van der Waals surface area contributed by atoms with E-state index in [1.165, 1.54) is 11.8 Å². The first-order chi connectivity index (χ1) is 11.1. The molecule has 0 heterocycles. The largest absolute Gasteiger partial charge is 0.356 e. The molecule has 0 amide bonds. The van der Waals surface area contributed by atoms with E-state index in [4.69, 9.17) is 11.6 Å². The van der Waals surface area contributed by atoms with E-state index in [1.54, 1.807) is 20.9 Å². The number of sulfone groups is 1. The molecule has 5 nitrogen and oxygen atoms in total. The molecule has 0 bridgehead atoms. The maximum absolute atomic E-state index is 11.8. The van der Waals surface area contributed by atoms with Gasteiger partial charge in [-0.25, -0.2) is 8.42 Å². The van der Waals surface area contributed by atoms with Crippen molar-refractivity contribution in [3.05, 3.63) is 34.9 Å². The van der Waals surface area contributed by atoms with Gasteiger partial charge in [-0.05, 0) is 44.4 Å². The molecule has 0 aliphatic heterocycles. The minimum atomic E-state index is -3.14. The summed E-state index contributed by atoms with van der Waals surface area (Å²) >= 11 is 6.10. The molecule has 1 fully saturated rings. The summed E-state index contributed by atoms with van der Waals surface area (Å²) in [6.45, 7) is 4.45. The van der Waals surface area contributed by atoms with Gasteiger partial charge in [0.2, 0.25) is 0 Å². The van der Waals surface area contributed by atoms with Gasteiger partial charge in [0.05, 0.1) is 4.75 Å². The van der Waals surface area contributed by atoms with E-state index >= 15 is 0 Å². The fourth-order valence-corrected chi connectivity index (χ4v) is 2.96. The standard InChI is InChI=1S/C17H26ClN3O2S/c1-16(2,24(4,22)23)11-20-15(19-3)21-12-17(8-9-17)13-6-5-7-14(18)10-13/h5-7,10H,8-9,11-12H2,1-4H3,(H2,19,20,21). The van der Waals surface area contributed by atoms with Crippen LogP contribution < -0.4 is 10.6 Å². The number of aliphatic imine (C=N–C) groups is 1. The average Bonchev–Trinajstić information content (AvgIpc) is 3.27. The van der Waals surface area contributed by atoms with Crippen molar-refractivity contribution in [2.24, 2.45) is 4.99 Å². The molecule has 0 aromatic heterocycles. The van der Waals surface area contributed by atoms with Gasteiger partial charge >= 0.3 is 0 Å². The number of rotatable bonds is 6. The molecule has 0 saturated heterocycles.